The SMILES string of the molecule is O=C(Cc1ccccc1C(F)(F)F)NCc1ccncn1. The summed E-state index contributed by atoms with van der Waals surface area (Å²) in [5.41, 5.74) is -0.255. The second kappa shape index (κ2) is 6.34. The van der Waals surface area contributed by atoms with Crippen LogP contribution in [0.2, 0.25) is 0 Å². The van der Waals surface area contributed by atoms with Crippen molar-refractivity contribution in [2.45, 2.75) is 19.1 Å². The van der Waals surface area contributed by atoms with E-state index in [1.54, 1.807) is 6.07 Å². The topological polar surface area (TPSA) is 54.9 Å². The van der Waals surface area contributed by atoms with Gasteiger partial charge in [0.05, 0.1) is 24.2 Å². The van der Waals surface area contributed by atoms with Gasteiger partial charge in [0.25, 0.3) is 0 Å². The van der Waals surface area contributed by atoms with Crippen LogP contribution in [-0.2, 0) is 23.9 Å². The highest BCUT2D eigenvalue weighted by molar-refractivity contribution is 5.78. The van der Waals surface area contributed by atoms with Crippen molar-refractivity contribution in [1.82, 2.24) is 15.3 Å². The number of carbonyl (C=O) groups is 1. The molecule has 0 bridgehead atoms. The van der Waals surface area contributed by atoms with Gasteiger partial charge in [-0.05, 0) is 17.7 Å². The predicted molar refractivity (Wildman–Crippen MR) is 69.0 cm³/mol. The molecule has 7 heteroatoms. The number of carbonyl (C=O) groups excluding carboxylic acids is 1. The van der Waals surface area contributed by atoms with E-state index in [1.807, 2.05) is 0 Å². The second-order valence-electron chi connectivity index (χ2n) is 4.31. The number of benzene rings is 1. The van der Waals surface area contributed by atoms with E-state index >= 15 is 0 Å². The lowest BCUT2D eigenvalue weighted by Gasteiger charge is -2.12. The third kappa shape index (κ3) is 4.27. The molecule has 110 valence electrons. The van der Waals surface area contributed by atoms with E-state index in [-0.39, 0.29) is 18.5 Å². The van der Waals surface area contributed by atoms with Gasteiger partial charge in [-0.1, -0.05) is 18.2 Å². The first-order valence-corrected chi connectivity index (χ1v) is 6.13. The molecule has 0 aliphatic carbocycles. The Morgan fingerprint density at radius 2 is 1.95 bits per heavy atom. The Hall–Kier alpha value is -2.44. The smallest absolute Gasteiger partial charge is 0.350 e. The van der Waals surface area contributed by atoms with Crippen LogP contribution < -0.4 is 5.32 Å². The molecule has 0 unspecified atom stereocenters. The summed E-state index contributed by atoms with van der Waals surface area (Å²) in [5.74, 6) is -0.495. The largest absolute Gasteiger partial charge is 0.416 e. The lowest BCUT2D eigenvalue weighted by molar-refractivity contribution is -0.138. The van der Waals surface area contributed by atoms with Gasteiger partial charge in [-0.25, -0.2) is 9.97 Å². The number of nitrogens with zero attached hydrogens (tertiary/aromatic N) is 2. The highest BCUT2D eigenvalue weighted by atomic mass is 19.4. The van der Waals surface area contributed by atoms with Gasteiger partial charge in [0.2, 0.25) is 5.91 Å². The molecular formula is C14H12F3N3O. The summed E-state index contributed by atoms with van der Waals surface area (Å²) in [7, 11) is 0. The van der Waals surface area contributed by atoms with Gasteiger partial charge in [0.1, 0.15) is 6.33 Å². The van der Waals surface area contributed by atoms with Crippen LogP contribution >= 0.6 is 0 Å². The van der Waals surface area contributed by atoms with Crippen LogP contribution in [0.3, 0.4) is 0 Å². The van der Waals surface area contributed by atoms with Gasteiger partial charge >= 0.3 is 6.18 Å². The summed E-state index contributed by atoms with van der Waals surface area (Å²) in [6.45, 7) is 0.148. The number of halogens is 3. The van der Waals surface area contributed by atoms with Crippen molar-refractivity contribution in [2.75, 3.05) is 0 Å². The molecule has 0 saturated heterocycles. The van der Waals surface area contributed by atoms with Gasteiger partial charge in [-0.2, -0.15) is 13.2 Å². The first-order valence-electron chi connectivity index (χ1n) is 6.13. The average Bonchev–Trinajstić information content (AvgIpc) is 2.46. The molecule has 1 N–H and O–H groups in total. The van der Waals surface area contributed by atoms with Crippen molar-refractivity contribution in [3.8, 4) is 0 Å². The molecule has 4 nitrogen and oxygen atoms in total. The molecular weight excluding hydrogens is 283 g/mol. The molecule has 1 heterocycles. The summed E-state index contributed by atoms with van der Waals surface area (Å²) in [6.07, 6.45) is -1.95. The van der Waals surface area contributed by atoms with Crippen LogP contribution in [0.5, 0.6) is 0 Å². The number of aromatic nitrogens is 2. The fraction of sp³-hybridized carbons (Fsp3) is 0.214. The first kappa shape index (κ1) is 15.0. The molecule has 2 rings (SSSR count). The van der Waals surface area contributed by atoms with Gasteiger partial charge in [0.15, 0.2) is 0 Å². The van der Waals surface area contributed by atoms with Gasteiger partial charge in [-0.15, -0.1) is 0 Å². The molecule has 0 radical (unpaired) electrons. The summed E-state index contributed by atoms with van der Waals surface area (Å²) >= 11 is 0. The summed E-state index contributed by atoms with van der Waals surface area (Å²) in [5, 5.41) is 2.53. The molecule has 21 heavy (non-hydrogen) atoms. The van der Waals surface area contributed by atoms with Crippen molar-refractivity contribution < 1.29 is 18.0 Å². The highest BCUT2D eigenvalue weighted by Gasteiger charge is 2.33. The van der Waals surface area contributed by atoms with Crippen LogP contribution in [0.1, 0.15) is 16.8 Å². The monoisotopic (exact) mass is 295 g/mol. The minimum atomic E-state index is -4.47. The van der Waals surface area contributed by atoms with Crippen LogP contribution in [0.15, 0.2) is 42.9 Å². The average molecular weight is 295 g/mol. The van der Waals surface area contributed by atoms with Crippen LogP contribution in [-0.4, -0.2) is 15.9 Å². The van der Waals surface area contributed by atoms with E-state index in [0.29, 0.717) is 5.69 Å². The van der Waals surface area contributed by atoms with Gasteiger partial charge in [0, 0.05) is 6.20 Å². The van der Waals surface area contributed by atoms with Crippen LogP contribution in [0, 0.1) is 0 Å². The van der Waals surface area contributed by atoms with Crippen molar-refractivity contribution in [3.05, 3.63) is 59.7 Å². The fourth-order valence-electron chi connectivity index (χ4n) is 1.80. The molecule has 0 aliphatic rings. The quantitative estimate of drug-likeness (QED) is 0.942. The fourth-order valence-corrected chi connectivity index (χ4v) is 1.80. The van der Waals surface area contributed by atoms with Gasteiger partial charge in [-0.3, -0.25) is 4.79 Å². The number of rotatable bonds is 4. The first-order chi connectivity index (χ1) is 9.97. The molecule has 2 aromatic rings. The number of hydrogen-bond acceptors (Lipinski definition) is 3. The second-order valence-corrected chi connectivity index (χ2v) is 4.31. The molecule has 0 atom stereocenters. The molecule has 0 fully saturated rings. The maximum Gasteiger partial charge on any atom is 0.416 e. The number of nitrogens with one attached hydrogen (secondary N) is 1. The zero-order chi connectivity index (χ0) is 15.3. The van der Waals surface area contributed by atoms with E-state index < -0.39 is 17.6 Å². The van der Waals surface area contributed by atoms with E-state index in [1.165, 1.54) is 30.7 Å². The van der Waals surface area contributed by atoms with Crippen molar-refractivity contribution in [3.63, 3.8) is 0 Å². The van der Waals surface area contributed by atoms with E-state index in [4.69, 9.17) is 0 Å². The van der Waals surface area contributed by atoms with Crippen molar-refractivity contribution in [1.29, 1.82) is 0 Å². The predicted octanol–water partition coefficient (Wildman–Crippen LogP) is 2.35. The zero-order valence-electron chi connectivity index (χ0n) is 10.9. The molecule has 1 amide bonds. The van der Waals surface area contributed by atoms with Crippen molar-refractivity contribution in [2.24, 2.45) is 0 Å². The minimum Gasteiger partial charge on any atom is -0.350 e. The summed E-state index contributed by atoms with van der Waals surface area (Å²) < 4.78 is 38.4. The number of alkyl halides is 3. The Kier molecular flexibility index (Phi) is 4.52. The summed E-state index contributed by atoms with van der Waals surface area (Å²) in [6, 6.07) is 6.65. The molecule has 1 aromatic heterocycles. The van der Waals surface area contributed by atoms with E-state index in [0.717, 1.165) is 6.07 Å². The molecule has 0 aliphatic heterocycles. The third-order valence-corrected chi connectivity index (χ3v) is 2.78. The highest BCUT2D eigenvalue weighted by Crippen LogP contribution is 2.31. The Morgan fingerprint density at radius 1 is 1.19 bits per heavy atom. The Morgan fingerprint density at radius 3 is 2.62 bits per heavy atom. The minimum absolute atomic E-state index is 0.0508. The molecule has 1 aromatic carbocycles. The Balaban J connectivity index is 2.00. The lowest BCUT2D eigenvalue weighted by atomic mass is 10.0. The van der Waals surface area contributed by atoms with Gasteiger partial charge < -0.3 is 5.32 Å². The molecule has 0 spiro atoms. The maximum atomic E-state index is 12.8. The van der Waals surface area contributed by atoms with E-state index in [2.05, 4.69) is 15.3 Å². The zero-order valence-corrected chi connectivity index (χ0v) is 10.9. The van der Waals surface area contributed by atoms with Crippen LogP contribution in [0.25, 0.3) is 0 Å². The number of amides is 1. The lowest BCUT2D eigenvalue weighted by Crippen LogP contribution is -2.26. The standard InChI is InChI=1S/C14H12F3N3O/c15-14(16,17)12-4-2-1-3-10(12)7-13(21)19-8-11-5-6-18-9-20-11/h1-6,9H,7-8H2,(H,19,21). The normalized spacial score (nSPS) is 11.2. The summed E-state index contributed by atoms with van der Waals surface area (Å²) in [4.78, 5) is 19.4. The Bertz CT molecular complexity index is 614. The molecule has 0 saturated carbocycles. The van der Waals surface area contributed by atoms with E-state index in [9.17, 15) is 18.0 Å². The number of hydrogen-bond donors (Lipinski definition) is 1. The van der Waals surface area contributed by atoms with Crippen LogP contribution in [0.4, 0.5) is 13.2 Å². The third-order valence-electron chi connectivity index (χ3n) is 2.78. The van der Waals surface area contributed by atoms with Crippen molar-refractivity contribution >= 4 is 5.91 Å². The maximum absolute atomic E-state index is 12.8. The Labute approximate surface area is 119 Å².